The van der Waals surface area contributed by atoms with Crippen LogP contribution in [0.2, 0.25) is 0 Å². The Hall–Kier alpha value is -3.35. The van der Waals surface area contributed by atoms with Crippen LogP contribution >= 0.6 is 0 Å². The third-order valence-electron chi connectivity index (χ3n) is 4.11. The van der Waals surface area contributed by atoms with Crippen LogP contribution in [0.1, 0.15) is 45.0 Å². The fourth-order valence-corrected chi connectivity index (χ4v) is 2.47. The zero-order valence-corrected chi connectivity index (χ0v) is 18.1. The summed E-state index contributed by atoms with van der Waals surface area (Å²) < 4.78 is 0. The van der Waals surface area contributed by atoms with Crippen molar-refractivity contribution in [3.63, 3.8) is 0 Å². The van der Waals surface area contributed by atoms with Gasteiger partial charge in [-0.25, -0.2) is 0 Å². The standard InChI is InChI=1S/C23H30N4O3/c1-15(2)25-21(29)16-9-11-17(12-10-16)24-14-20(28)26-18-7-6-8-19(13-18)27-22(30)23(3,4)5/h6-13,15,24H,14H2,1-5H3,(H,25,29)(H,26,28)(H,27,30). The molecule has 0 saturated carbocycles. The van der Waals surface area contributed by atoms with E-state index in [0.717, 1.165) is 5.69 Å². The Bertz CT molecular complexity index is 899. The van der Waals surface area contributed by atoms with Gasteiger partial charge < -0.3 is 21.3 Å². The molecular formula is C23H30N4O3. The molecule has 0 aliphatic rings. The molecule has 7 nitrogen and oxygen atoms in total. The van der Waals surface area contributed by atoms with E-state index in [4.69, 9.17) is 0 Å². The molecule has 2 aromatic rings. The van der Waals surface area contributed by atoms with Crippen molar-refractivity contribution in [2.45, 2.75) is 40.7 Å². The van der Waals surface area contributed by atoms with E-state index in [1.807, 2.05) is 34.6 Å². The van der Waals surface area contributed by atoms with Gasteiger partial charge in [-0.05, 0) is 56.3 Å². The van der Waals surface area contributed by atoms with E-state index in [1.54, 1.807) is 48.5 Å². The van der Waals surface area contributed by atoms with Gasteiger partial charge in [0.05, 0.1) is 6.54 Å². The van der Waals surface area contributed by atoms with E-state index in [2.05, 4.69) is 21.3 Å². The van der Waals surface area contributed by atoms with Crippen LogP contribution in [0.15, 0.2) is 48.5 Å². The number of benzene rings is 2. The lowest BCUT2D eigenvalue weighted by atomic mass is 9.95. The SMILES string of the molecule is CC(C)NC(=O)c1ccc(NCC(=O)Nc2cccc(NC(=O)C(C)(C)C)c2)cc1. The van der Waals surface area contributed by atoms with Crippen LogP contribution in [0.25, 0.3) is 0 Å². The highest BCUT2D eigenvalue weighted by atomic mass is 16.2. The number of anilines is 3. The quantitative estimate of drug-likeness (QED) is 0.557. The zero-order chi connectivity index (χ0) is 22.3. The summed E-state index contributed by atoms with van der Waals surface area (Å²) in [6, 6.07) is 14.0. The lowest BCUT2D eigenvalue weighted by Gasteiger charge is -2.18. The van der Waals surface area contributed by atoms with Crippen LogP contribution in [0.5, 0.6) is 0 Å². The summed E-state index contributed by atoms with van der Waals surface area (Å²) in [6.07, 6.45) is 0. The van der Waals surface area contributed by atoms with Crippen molar-refractivity contribution in [1.29, 1.82) is 0 Å². The molecule has 4 N–H and O–H groups in total. The Morgan fingerprint density at radius 1 is 0.867 bits per heavy atom. The Morgan fingerprint density at radius 2 is 1.47 bits per heavy atom. The van der Waals surface area contributed by atoms with Crippen LogP contribution in [0.4, 0.5) is 17.1 Å². The summed E-state index contributed by atoms with van der Waals surface area (Å²) in [4.78, 5) is 36.3. The first kappa shape index (κ1) is 22.9. The molecule has 0 aromatic heterocycles. The van der Waals surface area contributed by atoms with Crippen molar-refractivity contribution >= 4 is 34.8 Å². The zero-order valence-electron chi connectivity index (χ0n) is 18.1. The van der Waals surface area contributed by atoms with Gasteiger partial charge in [0.25, 0.3) is 5.91 Å². The molecule has 0 fully saturated rings. The molecule has 7 heteroatoms. The summed E-state index contributed by atoms with van der Waals surface area (Å²) in [5.41, 5.74) is 2.00. The fraction of sp³-hybridized carbons (Fsp3) is 0.348. The molecule has 0 aliphatic heterocycles. The van der Waals surface area contributed by atoms with Gasteiger partial charge in [-0.3, -0.25) is 14.4 Å². The second-order valence-electron chi connectivity index (χ2n) is 8.39. The van der Waals surface area contributed by atoms with Crippen LogP contribution in [-0.4, -0.2) is 30.3 Å². The average Bonchev–Trinajstić information content (AvgIpc) is 2.66. The molecule has 0 unspecified atom stereocenters. The molecule has 3 amide bonds. The normalized spacial score (nSPS) is 11.0. The maximum atomic E-state index is 12.2. The number of rotatable bonds is 7. The van der Waals surface area contributed by atoms with Gasteiger partial charge in [-0.15, -0.1) is 0 Å². The molecule has 0 atom stereocenters. The second-order valence-corrected chi connectivity index (χ2v) is 8.39. The van der Waals surface area contributed by atoms with Crippen molar-refractivity contribution in [3.8, 4) is 0 Å². The Labute approximate surface area is 177 Å². The predicted octanol–water partition coefficient (Wildman–Crippen LogP) is 3.86. The second kappa shape index (κ2) is 9.91. The van der Waals surface area contributed by atoms with Crippen molar-refractivity contribution in [2.24, 2.45) is 5.41 Å². The van der Waals surface area contributed by atoms with Crippen LogP contribution in [0.3, 0.4) is 0 Å². The number of amides is 3. The third-order valence-corrected chi connectivity index (χ3v) is 4.11. The minimum absolute atomic E-state index is 0.0656. The number of carbonyl (C=O) groups excluding carboxylic acids is 3. The van der Waals surface area contributed by atoms with Gasteiger partial charge in [-0.2, -0.15) is 0 Å². The summed E-state index contributed by atoms with van der Waals surface area (Å²) in [5, 5.41) is 11.5. The number of hydrogen-bond acceptors (Lipinski definition) is 4. The van der Waals surface area contributed by atoms with E-state index in [-0.39, 0.29) is 30.3 Å². The molecule has 0 aliphatic carbocycles. The molecule has 160 valence electrons. The minimum Gasteiger partial charge on any atom is -0.376 e. The predicted molar refractivity (Wildman–Crippen MR) is 121 cm³/mol. The largest absolute Gasteiger partial charge is 0.376 e. The molecule has 30 heavy (non-hydrogen) atoms. The highest BCUT2D eigenvalue weighted by molar-refractivity contribution is 5.97. The van der Waals surface area contributed by atoms with E-state index in [9.17, 15) is 14.4 Å². The topological polar surface area (TPSA) is 99.3 Å². The highest BCUT2D eigenvalue weighted by Gasteiger charge is 2.21. The van der Waals surface area contributed by atoms with Gasteiger partial charge in [0, 0.05) is 34.1 Å². The number of nitrogens with one attached hydrogen (secondary N) is 4. The molecule has 0 heterocycles. The maximum Gasteiger partial charge on any atom is 0.251 e. The van der Waals surface area contributed by atoms with Crippen LogP contribution in [-0.2, 0) is 9.59 Å². The summed E-state index contributed by atoms with van der Waals surface area (Å²) >= 11 is 0. The van der Waals surface area contributed by atoms with Gasteiger partial charge >= 0.3 is 0 Å². The fourth-order valence-electron chi connectivity index (χ4n) is 2.47. The Balaban J connectivity index is 1.88. The number of hydrogen-bond donors (Lipinski definition) is 4. The van der Waals surface area contributed by atoms with Gasteiger partial charge in [0.1, 0.15) is 0 Å². The number of carbonyl (C=O) groups is 3. The molecule has 0 saturated heterocycles. The lowest BCUT2D eigenvalue weighted by molar-refractivity contribution is -0.123. The average molecular weight is 411 g/mol. The highest BCUT2D eigenvalue weighted by Crippen LogP contribution is 2.20. The summed E-state index contributed by atoms with van der Waals surface area (Å²) in [7, 11) is 0. The van der Waals surface area contributed by atoms with E-state index in [1.165, 1.54) is 0 Å². The smallest absolute Gasteiger partial charge is 0.251 e. The van der Waals surface area contributed by atoms with Crippen molar-refractivity contribution in [3.05, 3.63) is 54.1 Å². The van der Waals surface area contributed by atoms with Crippen molar-refractivity contribution < 1.29 is 14.4 Å². The minimum atomic E-state index is -0.506. The molecule has 0 radical (unpaired) electrons. The summed E-state index contributed by atoms with van der Waals surface area (Å²) in [6.45, 7) is 9.38. The Kier molecular flexibility index (Phi) is 7.58. The van der Waals surface area contributed by atoms with Gasteiger partial charge in [-0.1, -0.05) is 26.8 Å². The first-order valence-corrected chi connectivity index (χ1v) is 9.91. The molecule has 0 spiro atoms. The van der Waals surface area contributed by atoms with E-state index in [0.29, 0.717) is 16.9 Å². The summed E-state index contributed by atoms with van der Waals surface area (Å²) in [5.74, 6) is -0.457. The van der Waals surface area contributed by atoms with Crippen molar-refractivity contribution in [1.82, 2.24) is 5.32 Å². The first-order chi connectivity index (χ1) is 14.0. The van der Waals surface area contributed by atoms with Crippen molar-refractivity contribution in [2.75, 3.05) is 22.5 Å². The van der Waals surface area contributed by atoms with E-state index >= 15 is 0 Å². The van der Waals surface area contributed by atoms with Gasteiger partial charge in [0.15, 0.2) is 0 Å². The molecule has 2 rings (SSSR count). The lowest BCUT2D eigenvalue weighted by Crippen LogP contribution is -2.30. The monoisotopic (exact) mass is 410 g/mol. The third kappa shape index (κ3) is 7.24. The molecule has 0 bridgehead atoms. The van der Waals surface area contributed by atoms with Gasteiger partial charge in [0.2, 0.25) is 11.8 Å². The molecule has 2 aromatic carbocycles. The first-order valence-electron chi connectivity index (χ1n) is 9.91. The maximum absolute atomic E-state index is 12.2. The van der Waals surface area contributed by atoms with E-state index < -0.39 is 5.41 Å². The molecular weight excluding hydrogens is 380 g/mol. The van der Waals surface area contributed by atoms with Crippen LogP contribution in [0, 0.1) is 5.41 Å². The Morgan fingerprint density at radius 3 is 2.03 bits per heavy atom. The van der Waals surface area contributed by atoms with Crippen LogP contribution < -0.4 is 21.3 Å².